The Balaban J connectivity index is 2.61. The number of hydrogen-bond donors (Lipinski definition) is 0. The average Bonchev–Trinajstić information content (AvgIpc) is 2.65. The van der Waals surface area contributed by atoms with Gasteiger partial charge in [0.25, 0.3) is 0 Å². The Hall–Kier alpha value is -1.83. The van der Waals surface area contributed by atoms with Crippen molar-refractivity contribution in [2.45, 2.75) is 33.2 Å². The van der Waals surface area contributed by atoms with E-state index in [-0.39, 0.29) is 5.54 Å². The first kappa shape index (κ1) is 12.6. The molecule has 1 aromatic carbocycles. The molecule has 0 saturated carbocycles. The van der Waals surface area contributed by atoms with E-state index in [1.54, 1.807) is 0 Å². The van der Waals surface area contributed by atoms with Gasteiger partial charge in [-0.25, -0.2) is 0 Å². The smallest absolute Gasteiger partial charge is 0.151 e. The van der Waals surface area contributed by atoms with Gasteiger partial charge in [-0.15, -0.1) is 0 Å². The topological polar surface area (TPSA) is 22.0 Å². The summed E-state index contributed by atoms with van der Waals surface area (Å²) in [6.45, 7) is 8.40. The number of benzene rings is 1. The third-order valence-electron chi connectivity index (χ3n) is 3.64. The quantitative estimate of drug-likeness (QED) is 0.751. The van der Waals surface area contributed by atoms with E-state index in [2.05, 4.69) is 30.5 Å². The maximum atomic E-state index is 11.0. The number of aryl methyl sites for hydroxylation is 1. The van der Waals surface area contributed by atoms with Crippen molar-refractivity contribution in [3.05, 3.63) is 58.9 Å². The molecule has 18 heavy (non-hydrogen) atoms. The lowest BCUT2D eigenvalue weighted by molar-refractivity contribution is 0.112. The molecule has 0 aliphatic heterocycles. The number of aldehydes is 1. The van der Waals surface area contributed by atoms with E-state index in [4.69, 9.17) is 0 Å². The Morgan fingerprint density at radius 3 is 2.22 bits per heavy atom. The lowest BCUT2D eigenvalue weighted by Gasteiger charge is -2.31. The van der Waals surface area contributed by atoms with E-state index < -0.39 is 0 Å². The van der Waals surface area contributed by atoms with Gasteiger partial charge in [-0.2, -0.15) is 0 Å². The van der Waals surface area contributed by atoms with E-state index in [1.165, 1.54) is 5.56 Å². The molecule has 94 valence electrons. The fourth-order valence-corrected chi connectivity index (χ4v) is 2.74. The standard InChI is InChI=1S/C16H19NO/c1-12-10-14(11-18)13(2)17(12)16(3,4)15-8-6-5-7-9-15/h5-11H,1-4H3. The second kappa shape index (κ2) is 4.45. The summed E-state index contributed by atoms with van der Waals surface area (Å²) in [7, 11) is 0. The molecule has 0 fully saturated rings. The molecule has 2 aromatic rings. The Kier molecular flexibility index (Phi) is 3.12. The largest absolute Gasteiger partial charge is 0.339 e. The summed E-state index contributed by atoms with van der Waals surface area (Å²) in [6.07, 6.45) is 0.930. The molecular formula is C16H19NO. The normalized spacial score (nSPS) is 11.6. The molecule has 0 amide bonds. The van der Waals surface area contributed by atoms with E-state index in [0.29, 0.717) is 0 Å². The van der Waals surface area contributed by atoms with Gasteiger partial charge in [0.1, 0.15) is 0 Å². The maximum absolute atomic E-state index is 11.0. The van der Waals surface area contributed by atoms with Crippen molar-refractivity contribution in [2.75, 3.05) is 0 Å². The molecule has 2 nitrogen and oxygen atoms in total. The predicted molar refractivity (Wildman–Crippen MR) is 74.2 cm³/mol. The SMILES string of the molecule is Cc1cc(C=O)c(C)n1C(C)(C)c1ccccc1. The number of rotatable bonds is 3. The van der Waals surface area contributed by atoms with E-state index in [9.17, 15) is 4.79 Å². The first-order chi connectivity index (χ1) is 8.48. The van der Waals surface area contributed by atoms with Crippen LogP contribution in [0.25, 0.3) is 0 Å². The molecule has 0 spiro atoms. The highest BCUT2D eigenvalue weighted by Crippen LogP contribution is 2.30. The monoisotopic (exact) mass is 241 g/mol. The molecule has 2 heteroatoms. The van der Waals surface area contributed by atoms with Gasteiger partial charge in [-0.05, 0) is 39.3 Å². The van der Waals surface area contributed by atoms with Crippen LogP contribution in [0.1, 0.15) is 41.2 Å². The molecule has 0 bridgehead atoms. The van der Waals surface area contributed by atoms with E-state index in [0.717, 1.165) is 23.2 Å². The minimum atomic E-state index is -0.156. The van der Waals surface area contributed by atoms with Crippen LogP contribution in [0.15, 0.2) is 36.4 Å². The number of carbonyl (C=O) groups excluding carboxylic acids is 1. The third-order valence-corrected chi connectivity index (χ3v) is 3.64. The fraction of sp³-hybridized carbons (Fsp3) is 0.312. The van der Waals surface area contributed by atoms with Crippen LogP contribution in [0.4, 0.5) is 0 Å². The molecule has 0 atom stereocenters. The van der Waals surface area contributed by atoms with Gasteiger partial charge in [0.15, 0.2) is 6.29 Å². The second-order valence-electron chi connectivity index (χ2n) is 5.20. The summed E-state index contributed by atoms with van der Waals surface area (Å²) in [5.41, 5.74) is 4.00. The van der Waals surface area contributed by atoms with Gasteiger partial charge in [0.05, 0.1) is 5.54 Å². The Morgan fingerprint density at radius 2 is 1.72 bits per heavy atom. The Labute approximate surface area is 108 Å². The maximum Gasteiger partial charge on any atom is 0.151 e. The number of aromatic nitrogens is 1. The Morgan fingerprint density at radius 1 is 1.11 bits per heavy atom. The minimum Gasteiger partial charge on any atom is -0.339 e. The zero-order valence-corrected chi connectivity index (χ0v) is 11.4. The highest BCUT2D eigenvalue weighted by atomic mass is 16.1. The van der Waals surface area contributed by atoms with Crippen LogP contribution in [-0.4, -0.2) is 10.9 Å². The number of hydrogen-bond acceptors (Lipinski definition) is 1. The predicted octanol–water partition coefficient (Wildman–Crippen LogP) is 3.70. The van der Waals surface area contributed by atoms with Crippen LogP contribution in [0, 0.1) is 13.8 Å². The van der Waals surface area contributed by atoms with Gasteiger partial charge in [-0.3, -0.25) is 4.79 Å². The van der Waals surface area contributed by atoms with Gasteiger partial charge in [0.2, 0.25) is 0 Å². The summed E-state index contributed by atoms with van der Waals surface area (Å²) in [5.74, 6) is 0. The highest BCUT2D eigenvalue weighted by molar-refractivity contribution is 5.77. The molecule has 1 aromatic heterocycles. The summed E-state index contributed by atoms with van der Waals surface area (Å²) in [5, 5.41) is 0. The van der Waals surface area contributed by atoms with Crippen LogP contribution in [0.2, 0.25) is 0 Å². The molecule has 0 N–H and O–H groups in total. The van der Waals surface area contributed by atoms with Crippen LogP contribution in [0.3, 0.4) is 0 Å². The molecule has 0 aliphatic carbocycles. The Bertz CT molecular complexity index is 564. The van der Waals surface area contributed by atoms with E-state index in [1.807, 2.05) is 38.1 Å². The summed E-state index contributed by atoms with van der Waals surface area (Å²) < 4.78 is 2.23. The molecule has 0 radical (unpaired) electrons. The van der Waals surface area contributed by atoms with Crippen molar-refractivity contribution in [1.82, 2.24) is 4.57 Å². The first-order valence-electron chi connectivity index (χ1n) is 6.18. The summed E-state index contributed by atoms with van der Waals surface area (Å²) >= 11 is 0. The van der Waals surface area contributed by atoms with Crippen molar-refractivity contribution in [1.29, 1.82) is 0 Å². The lowest BCUT2D eigenvalue weighted by Crippen LogP contribution is -2.29. The molecule has 0 aliphatic rings. The lowest BCUT2D eigenvalue weighted by atomic mass is 9.93. The van der Waals surface area contributed by atoms with Gasteiger partial charge in [-0.1, -0.05) is 30.3 Å². The van der Waals surface area contributed by atoms with Crippen LogP contribution in [-0.2, 0) is 5.54 Å². The van der Waals surface area contributed by atoms with Crippen molar-refractivity contribution in [2.24, 2.45) is 0 Å². The van der Waals surface area contributed by atoms with Crippen LogP contribution in [0.5, 0.6) is 0 Å². The summed E-state index contributed by atoms with van der Waals surface area (Å²) in [6, 6.07) is 12.3. The zero-order valence-electron chi connectivity index (χ0n) is 11.4. The van der Waals surface area contributed by atoms with E-state index >= 15 is 0 Å². The molecular weight excluding hydrogens is 222 g/mol. The van der Waals surface area contributed by atoms with Crippen molar-refractivity contribution < 1.29 is 4.79 Å². The minimum absolute atomic E-state index is 0.156. The number of carbonyl (C=O) groups is 1. The van der Waals surface area contributed by atoms with Crippen molar-refractivity contribution >= 4 is 6.29 Å². The van der Waals surface area contributed by atoms with Crippen molar-refractivity contribution in [3.8, 4) is 0 Å². The molecule has 2 rings (SSSR count). The summed E-state index contributed by atoms with van der Waals surface area (Å²) in [4.78, 5) is 11.0. The first-order valence-corrected chi connectivity index (χ1v) is 6.18. The average molecular weight is 241 g/mol. The van der Waals surface area contributed by atoms with Gasteiger partial charge < -0.3 is 4.57 Å². The van der Waals surface area contributed by atoms with Crippen molar-refractivity contribution in [3.63, 3.8) is 0 Å². The molecule has 0 saturated heterocycles. The third kappa shape index (κ3) is 1.88. The van der Waals surface area contributed by atoms with Crippen LogP contribution >= 0.6 is 0 Å². The van der Waals surface area contributed by atoms with Gasteiger partial charge >= 0.3 is 0 Å². The zero-order chi connectivity index (χ0) is 13.3. The fourth-order valence-electron chi connectivity index (χ4n) is 2.74. The highest BCUT2D eigenvalue weighted by Gasteiger charge is 2.26. The van der Waals surface area contributed by atoms with Crippen LogP contribution < -0.4 is 0 Å². The number of nitrogens with zero attached hydrogens (tertiary/aromatic N) is 1. The van der Waals surface area contributed by atoms with Gasteiger partial charge in [0, 0.05) is 17.0 Å². The second-order valence-corrected chi connectivity index (χ2v) is 5.20. The molecule has 1 heterocycles. The molecule has 0 unspecified atom stereocenters.